The Bertz CT molecular complexity index is 549. The number of sulfone groups is 1. The van der Waals surface area contributed by atoms with E-state index in [9.17, 15) is 13.5 Å². The van der Waals surface area contributed by atoms with E-state index < -0.39 is 21.4 Å². The van der Waals surface area contributed by atoms with Crippen LogP contribution < -0.4 is 0 Å². The summed E-state index contributed by atoms with van der Waals surface area (Å²) < 4.78 is 24.8. The minimum Gasteiger partial charge on any atom is -0.391 e. The Labute approximate surface area is 113 Å². The number of hydrogen-bond donors (Lipinski definition) is 1. The van der Waals surface area contributed by atoms with E-state index in [0.29, 0.717) is 4.90 Å². The lowest BCUT2D eigenvalue weighted by Gasteiger charge is -2.32. The molecule has 0 aromatic heterocycles. The maximum atomic E-state index is 12.4. The van der Waals surface area contributed by atoms with Crippen LogP contribution in [-0.4, -0.2) is 31.6 Å². The van der Waals surface area contributed by atoms with Crippen LogP contribution in [0.3, 0.4) is 0 Å². The van der Waals surface area contributed by atoms with Crippen LogP contribution in [0.2, 0.25) is 0 Å². The van der Waals surface area contributed by atoms with Gasteiger partial charge in [0.05, 0.1) is 22.0 Å². The second kappa shape index (κ2) is 4.54. The molecule has 0 saturated heterocycles. The van der Waals surface area contributed by atoms with Gasteiger partial charge in [0.2, 0.25) is 0 Å². The van der Waals surface area contributed by atoms with Gasteiger partial charge >= 0.3 is 0 Å². The van der Waals surface area contributed by atoms with Crippen molar-refractivity contribution >= 4 is 21.6 Å². The van der Waals surface area contributed by atoms with Gasteiger partial charge in [0, 0.05) is 5.41 Å². The van der Waals surface area contributed by atoms with Crippen molar-refractivity contribution in [3.8, 4) is 0 Å². The standard InChI is InChI=1S/C13H18O3S2/c1-13(2)8-18(15,16)10-7-5-4-6-9(10)11(17-3)12(13)14/h4-7,11-12,14H,8H2,1-3H3. The van der Waals surface area contributed by atoms with Gasteiger partial charge < -0.3 is 5.11 Å². The smallest absolute Gasteiger partial charge is 0.179 e. The van der Waals surface area contributed by atoms with Crippen molar-refractivity contribution in [2.75, 3.05) is 12.0 Å². The van der Waals surface area contributed by atoms with Gasteiger partial charge in [-0.25, -0.2) is 8.42 Å². The summed E-state index contributed by atoms with van der Waals surface area (Å²) in [7, 11) is -3.34. The first-order chi connectivity index (χ1) is 8.29. The lowest BCUT2D eigenvalue weighted by molar-refractivity contribution is 0.0642. The zero-order chi connectivity index (χ0) is 13.6. The minimum absolute atomic E-state index is 0.0186. The highest BCUT2D eigenvalue weighted by atomic mass is 32.2. The van der Waals surface area contributed by atoms with Crippen LogP contribution in [0, 0.1) is 5.41 Å². The number of thioether (sulfide) groups is 1. The van der Waals surface area contributed by atoms with E-state index in [4.69, 9.17) is 0 Å². The number of aliphatic hydroxyl groups is 1. The largest absolute Gasteiger partial charge is 0.391 e. The average molecular weight is 286 g/mol. The molecule has 100 valence electrons. The van der Waals surface area contributed by atoms with Crippen LogP contribution >= 0.6 is 11.8 Å². The van der Waals surface area contributed by atoms with Gasteiger partial charge in [-0.15, -0.1) is 0 Å². The summed E-state index contributed by atoms with van der Waals surface area (Å²) in [6, 6.07) is 7.00. The number of benzene rings is 1. The first-order valence-corrected chi connectivity index (χ1v) is 8.76. The molecular weight excluding hydrogens is 268 g/mol. The van der Waals surface area contributed by atoms with Crippen molar-refractivity contribution in [2.24, 2.45) is 5.41 Å². The predicted octanol–water partition coefficient (Wildman–Crippen LogP) is 2.27. The van der Waals surface area contributed by atoms with Crippen molar-refractivity contribution in [3.63, 3.8) is 0 Å². The molecule has 3 nitrogen and oxygen atoms in total. The molecule has 1 aliphatic rings. The van der Waals surface area contributed by atoms with E-state index in [1.165, 1.54) is 11.8 Å². The van der Waals surface area contributed by atoms with Crippen LogP contribution in [0.5, 0.6) is 0 Å². The zero-order valence-corrected chi connectivity index (χ0v) is 12.4. The number of fused-ring (bicyclic) bond motifs is 1. The molecule has 0 spiro atoms. The molecule has 0 aliphatic carbocycles. The van der Waals surface area contributed by atoms with Gasteiger partial charge in [0.15, 0.2) is 9.84 Å². The summed E-state index contributed by atoms with van der Waals surface area (Å²) in [6.07, 6.45) is 1.23. The molecule has 1 aromatic carbocycles. The van der Waals surface area contributed by atoms with E-state index in [2.05, 4.69) is 0 Å². The third-order valence-electron chi connectivity index (χ3n) is 3.46. The fraction of sp³-hybridized carbons (Fsp3) is 0.538. The van der Waals surface area contributed by atoms with E-state index in [0.717, 1.165) is 5.56 Å². The maximum Gasteiger partial charge on any atom is 0.179 e. The van der Waals surface area contributed by atoms with Gasteiger partial charge in [-0.1, -0.05) is 32.0 Å². The second-order valence-electron chi connectivity index (χ2n) is 5.39. The fourth-order valence-electron chi connectivity index (χ4n) is 2.49. The Kier molecular flexibility index (Phi) is 3.51. The molecule has 18 heavy (non-hydrogen) atoms. The molecule has 2 unspecified atom stereocenters. The van der Waals surface area contributed by atoms with Crippen molar-refractivity contribution in [1.29, 1.82) is 0 Å². The third kappa shape index (κ3) is 2.19. The molecule has 2 rings (SSSR count). The number of hydrogen-bond acceptors (Lipinski definition) is 4. The molecule has 5 heteroatoms. The fourth-order valence-corrected chi connectivity index (χ4v) is 5.79. The first kappa shape index (κ1) is 13.9. The van der Waals surface area contributed by atoms with Crippen LogP contribution in [0.4, 0.5) is 0 Å². The molecular formula is C13H18O3S2. The van der Waals surface area contributed by atoms with Crippen molar-refractivity contribution in [2.45, 2.75) is 30.1 Å². The summed E-state index contributed by atoms with van der Waals surface area (Å²) in [5, 5.41) is 10.3. The predicted molar refractivity (Wildman–Crippen MR) is 74.5 cm³/mol. The summed E-state index contributed by atoms with van der Waals surface area (Å²) in [4.78, 5) is 0.369. The van der Waals surface area contributed by atoms with Crippen molar-refractivity contribution < 1.29 is 13.5 Å². The molecule has 1 aromatic rings. The molecule has 0 bridgehead atoms. The molecule has 0 fully saturated rings. The molecule has 2 atom stereocenters. The van der Waals surface area contributed by atoms with E-state index >= 15 is 0 Å². The second-order valence-corrected chi connectivity index (χ2v) is 8.32. The molecule has 0 radical (unpaired) electrons. The van der Waals surface area contributed by atoms with Crippen LogP contribution in [0.15, 0.2) is 29.2 Å². The van der Waals surface area contributed by atoms with E-state index in [1.54, 1.807) is 18.2 Å². The summed E-state index contributed by atoms with van der Waals surface area (Å²) >= 11 is 1.50. The van der Waals surface area contributed by atoms with Crippen LogP contribution in [-0.2, 0) is 9.84 Å². The van der Waals surface area contributed by atoms with E-state index in [-0.39, 0.29) is 11.0 Å². The average Bonchev–Trinajstić information content (AvgIpc) is 2.33. The molecule has 0 amide bonds. The normalized spacial score (nSPS) is 29.3. The van der Waals surface area contributed by atoms with Crippen LogP contribution in [0.1, 0.15) is 24.7 Å². The first-order valence-electron chi connectivity index (χ1n) is 5.82. The molecule has 0 saturated carbocycles. The maximum absolute atomic E-state index is 12.4. The Morgan fingerprint density at radius 1 is 1.33 bits per heavy atom. The summed E-state index contributed by atoms with van der Waals surface area (Å²) in [6.45, 7) is 3.62. The van der Waals surface area contributed by atoms with Gasteiger partial charge in [-0.05, 0) is 17.9 Å². The highest BCUT2D eigenvalue weighted by Gasteiger charge is 2.43. The Hall–Kier alpha value is -0.520. The highest BCUT2D eigenvalue weighted by molar-refractivity contribution is 7.99. The van der Waals surface area contributed by atoms with Gasteiger partial charge in [-0.2, -0.15) is 11.8 Å². The highest BCUT2D eigenvalue weighted by Crippen LogP contribution is 2.45. The topological polar surface area (TPSA) is 54.4 Å². The van der Waals surface area contributed by atoms with E-state index in [1.807, 2.05) is 26.2 Å². The van der Waals surface area contributed by atoms with Crippen molar-refractivity contribution in [3.05, 3.63) is 29.8 Å². The van der Waals surface area contributed by atoms with Gasteiger partial charge in [-0.3, -0.25) is 0 Å². The Morgan fingerprint density at radius 3 is 2.56 bits per heavy atom. The Morgan fingerprint density at radius 2 is 1.94 bits per heavy atom. The molecule has 1 heterocycles. The minimum atomic E-state index is -3.34. The Balaban J connectivity index is 2.71. The third-order valence-corrected chi connectivity index (χ3v) is 6.65. The monoisotopic (exact) mass is 286 g/mol. The summed E-state index contributed by atoms with van der Waals surface area (Å²) in [5.74, 6) is -0.0186. The van der Waals surface area contributed by atoms with Crippen molar-refractivity contribution in [1.82, 2.24) is 0 Å². The molecule has 1 N–H and O–H groups in total. The van der Waals surface area contributed by atoms with Gasteiger partial charge in [0.25, 0.3) is 0 Å². The van der Waals surface area contributed by atoms with Crippen LogP contribution in [0.25, 0.3) is 0 Å². The molecule has 1 aliphatic heterocycles. The quantitative estimate of drug-likeness (QED) is 0.860. The zero-order valence-electron chi connectivity index (χ0n) is 10.8. The number of rotatable bonds is 1. The SMILES string of the molecule is CSC1c2ccccc2S(=O)(=O)CC(C)(C)C1O. The lowest BCUT2D eigenvalue weighted by atomic mass is 9.85. The number of aliphatic hydroxyl groups excluding tert-OH is 1. The lowest BCUT2D eigenvalue weighted by Crippen LogP contribution is -2.36. The summed E-state index contributed by atoms with van der Waals surface area (Å²) in [5.41, 5.74) is 0.0778. The van der Waals surface area contributed by atoms with Gasteiger partial charge in [0.1, 0.15) is 0 Å².